The first-order chi connectivity index (χ1) is 11.7. The van der Waals surface area contributed by atoms with Gasteiger partial charge in [-0.25, -0.2) is 4.99 Å². The minimum Gasteiger partial charge on any atom is -0.379 e. The number of halogens is 3. The van der Waals surface area contributed by atoms with Crippen molar-refractivity contribution in [1.29, 1.82) is 0 Å². The molecule has 0 radical (unpaired) electrons. The summed E-state index contributed by atoms with van der Waals surface area (Å²) in [7, 11) is 0. The molecular formula is C17H27BrClIN4O. The Morgan fingerprint density at radius 2 is 2.08 bits per heavy atom. The third-order valence-corrected chi connectivity index (χ3v) is 4.66. The fraction of sp³-hybridized carbons (Fsp3) is 0.588. The van der Waals surface area contributed by atoms with Crippen LogP contribution in [0.15, 0.2) is 27.7 Å². The number of aliphatic imine (C=N–C) groups is 1. The van der Waals surface area contributed by atoms with Crippen molar-refractivity contribution in [2.24, 2.45) is 4.99 Å². The summed E-state index contributed by atoms with van der Waals surface area (Å²) in [6.07, 6.45) is 1.09. The molecule has 1 aromatic carbocycles. The molecule has 0 atom stereocenters. The molecule has 0 spiro atoms. The molecule has 1 aromatic rings. The first-order valence-electron chi connectivity index (χ1n) is 8.45. The van der Waals surface area contributed by atoms with E-state index in [9.17, 15) is 0 Å². The molecule has 2 rings (SSSR count). The smallest absolute Gasteiger partial charge is 0.191 e. The molecule has 0 saturated carbocycles. The van der Waals surface area contributed by atoms with Gasteiger partial charge in [0, 0.05) is 35.7 Å². The van der Waals surface area contributed by atoms with Crippen LogP contribution >= 0.6 is 51.5 Å². The van der Waals surface area contributed by atoms with Crippen molar-refractivity contribution in [2.75, 3.05) is 45.9 Å². The third-order valence-electron chi connectivity index (χ3n) is 3.81. The van der Waals surface area contributed by atoms with Crippen LogP contribution in [0.3, 0.4) is 0 Å². The number of hydrogen-bond donors (Lipinski definition) is 2. The lowest BCUT2D eigenvalue weighted by atomic mass is 10.2. The van der Waals surface area contributed by atoms with E-state index in [1.54, 1.807) is 0 Å². The lowest BCUT2D eigenvalue weighted by Gasteiger charge is -2.26. The van der Waals surface area contributed by atoms with Crippen molar-refractivity contribution < 1.29 is 4.74 Å². The van der Waals surface area contributed by atoms with Crippen LogP contribution in [0, 0.1) is 0 Å². The lowest BCUT2D eigenvalue weighted by Crippen LogP contribution is -2.40. The van der Waals surface area contributed by atoms with Gasteiger partial charge in [0.1, 0.15) is 0 Å². The number of nitrogens with zero attached hydrogens (tertiary/aromatic N) is 2. The second-order valence-corrected chi connectivity index (χ2v) is 6.99. The molecule has 142 valence electrons. The zero-order valence-corrected chi connectivity index (χ0v) is 19.2. The molecule has 1 aliphatic heterocycles. The maximum atomic E-state index is 6.25. The van der Waals surface area contributed by atoms with E-state index in [1.807, 2.05) is 18.2 Å². The molecule has 1 heterocycles. The van der Waals surface area contributed by atoms with E-state index in [4.69, 9.17) is 16.3 Å². The van der Waals surface area contributed by atoms with E-state index in [1.165, 1.54) is 0 Å². The van der Waals surface area contributed by atoms with Crippen LogP contribution in [-0.2, 0) is 11.3 Å². The molecule has 8 heteroatoms. The van der Waals surface area contributed by atoms with Gasteiger partial charge in [-0.1, -0.05) is 33.6 Å². The van der Waals surface area contributed by atoms with Gasteiger partial charge in [-0.05, 0) is 37.6 Å². The lowest BCUT2D eigenvalue weighted by molar-refractivity contribution is 0.0376. The Labute approximate surface area is 181 Å². The first kappa shape index (κ1) is 23.0. The Balaban J connectivity index is 0.00000312. The van der Waals surface area contributed by atoms with Crippen molar-refractivity contribution in [3.05, 3.63) is 33.3 Å². The van der Waals surface area contributed by atoms with Crippen LogP contribution in [0.1, 0.15) is 18.9 Å². The zero-order chi connectivity index (χ0) is 17.2. The highest BCUT2D eigenvalue weighted by molar-refractivity contribution is 14.0. The van der Waals surface area contributed by atoms with Crippen molar-refractivity contribution >= 4 is 57.5 Å². The fourth-order valence-corrected chi connectivity index (χ4v) is 3.22. The predicted molar refractivity (Wildman–Crippen MR) is 119 cm³/mol. The molecule has 1 aliphatic rings. The predicted octanol–water partition coefficient (Wildman–Crippen LogP) is 3.50. The summed E-state index contributed by atoms with van der Waals surface area (Å²) in [4.78, 5) is 7.06. The second kappa shape index (κ2) is 13.1. The van der Waals surface area contributed by atoms with Crippen LogP contribution < -0.4 is 10.6 Å². The van der Waals surface area contributed by atoms with E-state index < -0.39 is 0 Å². The van der Waals surface area contributed by atoms with Gasteiger partial charge in [0.05, 0.1) is 19.8 Å². The summed E-state index contributed by atoms with van der Waals surface area (Å²) in [6, 6.07) is 5.88. The van der Waals surface area contributed by atoms with Crippen LogP contribution in [0.5, 0.6) is 0 Å². The molecule has 5 nitrogen and oxygen atoms in total. The Morgan fingerprint density at radius 1 is 1.32 bits per heavy atom. The molecular weight excluding hydrogens is 518 g/mol. The quantitative estimate of drug-likeness (QED) is 0.238. The summed E-state index contributed by atoms with van der Waals surface area (Å²) in [6.45, 7) is 9.24. The average molecular weight is 546 g/mol. The highest BCUT2D eigenvalue weighted by Gasteiger charge is 2.09. The largest absolute Gasteiger partial charge is 0.379 e. The van der Waals surface area contributed by atoms with E-state index in [2.05, 4.69) is 43.4 Å². The third kappa shape index (κ3) is 8.90. The highest BCUT2D eigenvalue weighted by Crippen LogP contribution is 2.21. The second-order valence-electron chi connectivity index (χ2n) is 5.67. The van der Waals surface area contributed by atoms with Gasteiger partial charge < -0.3 is 15.4 Å². The van der Waals surface area contributed by atoms with Crippen LogP contribution in [0.4, 0.5) is 0 Å². The van der Waals surface area contributed by atoms with E-state index >= 15 is 0 Å². The average Bonchev–Trinajstić information content (AvgIpc) is 2.58. The van der Waals surface area contributed by atoms with Gasteiger partial charge in [-0.3, -0.25) is 4.90 Å². The molecule has 0 bridgehead atoms. The minimum absolute atomic E-state index is 0. The van der Waals surface area contributed by atoms with E-state index in [0.29, 0.717) is 6.54 Å². The van der Waals surface area contributed by atoms with E-state index in [0.717, 1.165) is 73.4 Å². The first-order valence-corrected chi connectivity index (χ1v) is 9.62. The molecule has 0 amide bonds. The Kier molecular flexibility index (Phi) is 12.1. The molecule has 1 saturated heterocycles. The maximum absolute atomic E-state index is 6.25. The Hall–Kier alpha value is -0.0900. The number of nitrogens with one attached hydrogen (secondary N) is 2. The van der Waals surface area contributed by atoms with Gasteiger partial charge in [0.15, 0.2) is 5.96 Å². The normalized spacial score (nSPS) is 15.6. The van der Waals surface area contributed by atoms with Crippen LogP contribution in [-0.4, -0.2) is 56.8 Å². The molecule has 0 aliphatic carbocycles. The number of benzene rings is 1. The number of guanidine groups is 1. The van der Waals surface area contributed by atoms with Crippen molar-refractivity contribution in [3.63, 3.8) is 0 Å². The molecule has 0 unspecified atom stereocenters. The minimum atomic E-state index is 0. The molecule has 2 N–H and O–H groups in total. The highest BCUT2D eigenvalue weighted by atomic mass is 127. The number of rotatable bonds is 7. The Morgan fingerprint density at radius 3 is 2.76 bits per heavy atom. The van der Waals surface area contributed by atoms with Crippen molar-refractivity contribution in [1.82, 2.24) is 15.5 Å². The number of morpholine rings is 1. The van der Waals surface area contributed by atoms with Gasteiger partial charge in [-0.15, -0.1) is 24.0 Å². The topological polar surface area (TPSA) is 48.9 Å². The summed E-state index contributed by atoms with van der Waals surface area (Å²) in [5.41, 5.74) is 1.02. The van der Waals surface area contributed by atoms with Gasteiger partial charge in [0.25, 0.3) is 0 Å². The van der Waals surface area contributed by atoms with Gasteiger partial charge in [0.2, 0.25) is 0 Å². The van der Waals surface area contributed by atoms with Gasteiger partial charge >= 0.3 is 0 Å². The summed E-state index contributed by atoms with van der Waals surface area (Å²) >= 11 is 9.67. The molecule has 1 fully saturated rings. The summed E-state index contributed by atoms with van der Waals surface area (Å²) < 4.78 is 6.35. The SMILES string of the molecule is CCNC(=NCc1ccc(Br)cc1Cl)NCCCN1CCOCC1.I. The number of hydrogen-bond acceptors (Lipinski definition) is 3. The molecule has 0 aromatic heterocycles. The van der Waals surface area contributed by atoms with Gasteiger partial charge in [-0.2, -0.15) is 0 Å². The van der Waals surface area contributed by atoms with Crippen LogP contribution in [0.25, 0.3) is 0 Å². The Bertz CT molecular complexity index is 541. The fourth-order valence-electron chi connectivity index (χ4n) is 2.49. The molecule has 25 heavy (non-hydrogen) atoms. The zero-order valence-electron chi connectivity index (χ0n) is 14.6. The number of ether oxygens (including phenoxy) is 1. The van der Waals surface area contributed by atoms with E-state index in [-0.39, 0.29) is 24.0 Å². The standard InChI is InChI=1S/C17H26BrClN4O.HI/c1-2-20-17(21-6-3-7-23-8-10-24-11-9-23)22-13-14-4-5-15(18)12-16(14)19;/h4-5,12H,2-3,6-11,13H2,1H3,(H2,20,21,22);1H. The maximum Gasteiger partial charge on any atom is 0.191 e. The summed E-state index contributed by atoms with van der Waals surface area (Å²) in [5, 5.41) is 7.40. The van der Waals surface area contributed by atoms with Crippen LogP contribution in [0.2, 0.25) is 5.02 Å². The monoisotopic (exact) mass is 544 g/mol. The van der Waals surface area contributed by atoms with Crippen molar-refractivity contribution in [2.45, 2.75) is 19.9 Å². The van der Waals surface area contributed by atoms with Crippen molar-refractivity contribution in [3.8, 4) is 0 Å². The summed E-state index contributed by atoms with van der Waals surface area (Å²) in [5.74, 6) is 0.832.